The van der Waals surface area contributed by atoms with Crippen LogP contribution in [-0.2, 0) is 6.42 Å². The van der Waals surface area contributed by atoms with Gasteiger partial charge in [0.2, 0.25) is 0 Å². The summed E-state index contributed by atoms with van der Waals surface area (Å²) < 4.78 is 26.6. The summed E-state index contributed by atoms with van der Waals surface area (Å²) in [5.74, 6) is -0.828. The van der Waals surface area contributed by atoms with Crippen LogP contribution in [0.1, 0.15) is 29.7 Å². The minimum absolute atomic E-state index is 0.421. The summed E-state index contributed by atoms with van der Waals surface area (Å²) in [4.78, 5) is 4.40. The molecular weight excluding hydrogens is 296 g/mol. The molecule has 0 fully saturated rings. The molecule has 0 aromatic heterocycles. The number of nitrogens with zero attached hydrogens (tertiary/aromatic N) is 2. The van der Waals surface area contributed by atoms with Gasteiger partial charge < -0.3 is 0 Å². The van der Waals surface area contributed by atoms with E-state index in [-0.39, 0.29) is 0 Å². The van der Waals surface area contributed by atoms with Crippen LogP contribution in [0.25, 0.3) is 0 Å². The lowest BCUT2D eigenvalue weighted by Gasteiger charge is -2.12. The fourth-order valence-electron chi connectivity index (χ4n) is 2.30. The van der Waals surface area contributed by atoms with Gasteiger partial charge in [0.1, 0.15) is 17.5 Å². The smallest absolute Gasteiger partial charge is 0.182 e. The number of aryl methyl sites for hydroxylation is 1. The first-order valence-corrected chi connectivity index (χ1v) is 7.22. The molecule has 0 spiro atoms. The van der Waals surface area contributed by atoms with Crippen molar-refractivity contribution in [1.29, 1.82) is 5.26 Å². The van der Waals surface area contributed by atoms with Crippen LogP contribution in [0.15, 0.2) is 47.5 Å². The van der Waals surface area contributed by atoms with Crippen molar-refractivity contribution in [3.63, 3.8) is 0 Å². The molecule has 0 aliphatic heterocycles. The molecule has 2 rings (SSSR count). The average molecular weight is 313 g/mol. The zero-order valence-corrected chi connectivity index (χ0v) is 13.0. The van der Waals surface area contributed by atoms with Gasteiger partial charge in [-0.2, -0.15) is 5.26 Å². The van der Waals surface area contributed by atoms with Crippen molar-refractivity contribution in [2.45, 2.75) is 26.3 Å². The van der Waals surface area contributed by atoms with Gasteiger partial charge in [0.25, 0.3) is 0 Å². The Morgan fingerprint density at radius 3 is 2.48 bits per heavy atom. The van der Waals surface area contributed by atoms with E-state index in [1.165, 1.54) is 12.1 Å². The van der Waals surface area contributed by atoms with Crippen LogP contribution < -0.4 is 5.32 Å². The second-order valence-electron chi connectivity index (χ2n) is 5.29. The molecular formula is C18H17F2N3. The molecule has 118 valence electrons. The summed E-state index contributed by atoms with van der Waals surface area (Å²) in [7, 11) is 0. The molecule has 0 bridgehead atoms. The van der Waals surface area contributed by atoms with Crippen LogP contribution in [0.3, 0.4) is 0 Å². The maximum atomic E-state index is 13.3. The maximum absolute atomic E-state index is 13.3. The van der Waals surface area contributed by atoms with Crippen molar-refractivity contribution in [1.82, 2.24) is 5.32 Å². The van der Waals surface area contributed by atoms with Gasteiger partial charge >= 0.3 is 0 Å². The zero-order chi connectivity index (χ0) is 16.8. The van der Waals surface area contributed by atoms with Crippen LogP contribution in [-0.4, -0.2) is 5.84 Å². The predicted molar refractivity (Wildman–Crippen MR) is 85.8 cm³/mol. The number of hydrogen-bond acceptors (Lipinski definition) is 2. The van der Waals surface area contributed by atoms with E-state index >= 15 is 0 Å². The van der Waals surface area contributed by atoms with Gasteiger partial charge in [0.05, 0.1) is 6.04 Å². The molecule has 0 aliphatic carbocycles. The largest absolute Gasteiger partial charge is 0.280 e. The fraction of sp³-hybridized carbons (Fsp3) is 0.222. The monoisotopic (exact) mass is 313 g/mol. The molecule has 1 unspecified atom stereocenters. The number of amidine groups is 1. The van der Waals surface area contributed by atoms with Crippen molar-refractivity contribution in [3.8, 4) is 6.19 Å². The van der Waals surface area contributed by atoms with Crippen molar-refractivity contribution in [2.24, 2.45) is 4.99 Å². The molecule has 0 saturated carbocycles. The Kier molecular flexibility index (Phi) is 5.42. The lowest BCUT2D eigenvalue weighted by atomic mass is 10.0. The van der Waals surface area contributed by atoms with E-state index in [2.05, 4.69) is 10.3 Å². The summed E-state index contributed by atoms with van der Waals surface area (Å²) in [6, 6.07) is 10.6. The van der Waals surface area contributed by atoms with Crippen molar-refractivity contribution < 1.29 is 8.78 Å². The SMILES string of the molecule is Cc1ccccc1CC(=NC(C)c1cc(F)cc(F)c1)NC#N. The van der Waals surface area contributed by atoms with Gasteiger partial charge in [0, 0.05) is 12.5 Å². The average Bonchev–Trinajstić information content (AvgIpc) is 2.48. The van der Waals surface area contributed by atoms with E-state index in [0.29, 0.717) is 17.8 Å². The molecule has 3 nitrogen and oxygen atoms in total. The Bertz CT molecular complexity index is 743. The van der Waals surface area contributed by atoms with E-state index in [9.17, 15) is 8.78 Å². The number of halogens is 2. The lowest BCUT2D eigenvalue weighted by molar-refractivity contribution is 0.576. The van der Waals surface area contributed by atoms with Crippen LogP contribution >= 0.6 is 0 Å². The summed E-state index contributed by atoms with van der Waals surface area (Å²) in [6.45, 7) is 3.70. The van der Waals surface area contributed by atoms with Crippen molar-refractivity contribution in [2.75, 3.05) is 0 Å². The first-order chi connectivity index (χ1) is 11.0. The number of nitrogens with one attached hydrogen (secondary N) is 1. The summed E-state index contributed by atoms with van der Waals surface area (Å²) >= 11 is 0. The number of hydrogen-bond donors (Lipinski definition) is 1. The third-order valence-corrected chi connectivity index (χ3v) is 3.54. The summed E-state index contributed by atoms with van der Waals surface area (Å²) in [5.41, 5.74) is 2.54. The number of rotatable bonds is 4. The van der Waals surface area contributed by atoms with Gasteiger partial charge in [-0.15, -0.1) is 0 Å². The van der Waals surface area contributed by atoms with Crippen LogP contribution in [0.5, 0.6) is 0 Å². The molecule has 2 aromatic rings. The maximum Gasteiger partial charge on any atom is 0.182 e. The zero-order valence-electron chi connectivity index (χ0n) is 13.0. The van der Waals surface area contributed by atoms with E-state index in [1.807, 2.05) is 37.4 Å². The van der Waals surface area contributed by atoms with Crippen LogP contribution in [0, 0.1) is 30.0 Å². The second kappa shape index (κ2) is 7.50. The topological polar surface area (TPSA) is 48.2 Å². The molecule has 0 amide bonds. The highest BCUT2D eigenvalue weighted by atomic mass is 19.1. The van der Waals surface area contributed by atoms with Crippen molar-refractivity contribution in [3.05, 3.63) is 70.8 Å². The molecule has 0 aliphatic rings. The summed E-state index contributed by atoms with van der Waals surface area (Å²) in [6.07, 6.45) is 2.30. The number of benzene rings is 2. The predicted octanol–water partition coefficient (Wildman–Crippen LogP) is 4.05. The molecule has 23 heavy (non-hydrogen) atoms. The van der Waals surface area contributed by atoms with Gasteiger partial charge in [-0.3, -0.25) is 10.3 Å². The molecule has 0 saturated heterocycles. The highest BCUT2D eigenvalue weighted by molar-refractivity contribution is 5.86. The molecule has 5 heteroatoms. The van der Waals surface area contributed by atoms with E-state index in [1.54, 1.807) is 6.92 Å². The lowest BCUT2D eigenvalue weighted by Crippen LogP contribution is -2.21. The standard InChI is InChI=1S/C18H17F2N3/c1-12-5-3-4-6-14(12)9-18(22-11-21)23-13(2)15-7-16(19)10-17(20)8-15/h3-8,10,13H,9H2,1-2H3,(H,22,23). The third-order valence-electron chi connectivity index (χ3n) is 3.54. The van der Waals surface area contributed by atoms with Gasteiger partial charge in [-0.1, -0.05) is 24.3 Å². The van der Waals surface area contributed by atoms with Gasteiger partial charge in [-0.05, 0) is 42.7 Å². The first kappa shape index (κ1) is 16.6. The second-order valence-corrected chi connectivity index (χ2v) is 5.29. The van der Waals surface area contributed by atoms with E-state index in [4.69, 9.17) is 5.26 Å². The highest BCUT2D eigenvalue weighted by Crippen LogP contribution is 2.20. The molecule has 1 atom stereocenters. The minimum Gasteiger partial charge on any atom is -0.280 e. The molecule has 0 radical (unpaired) electrons. The normalized spacial score (nSPS) is 12.6. The minimum atomic E-state index is -0.643. The van der Waals surface area contributed by atoms with Gasteiger partial charge in [0.15, 0.2) is 6.19 Å². The Morgan fingerprint density at radius 2 is 1.87 bits per heavy atom. The molecule has 0 heterocycles. The highest BCUT2D eigenvalue weighted by Gasteiger charge is 2.10. The first-order valence-electron chi connectivity index (χ1n) is 7.22. The van der Waals surface area contributed by atoms with Gasteiger partial charge in [-0.25, -0.2) is 8.78 Å². The third kappa shape index (κ3) is 4.62. The Balaban J connectivity index is 2.27. The van der Waals surface area contributed by atoms with Crippen molar-refractivity contribution >= 4 is 5.84 Å². The summed E-state index contributed by atoms with van der Waals surface area (Å²) in [5, 5.41) is 11.5. The Hall–Kier alpha value is -2.74. The van der Waals surface area contributed by atoms with Crippen LogP contribution in [0.2, 0.25) is 0 Å². The fourth-order valence-corrected chi connectivity index (χ4v) is 2.30. The van der Waals surface area contributed by atoms with E-state index < -0.39 is 17.7 Å². The quantitative estimate of drug-likeness (QED) is 0.401. The Labute approximate surface area is 134 Å². The Morgan fingerprint density at radius 1 is 1.22 bits per heavy atom. The molecule has 1 N–H and O–H groups in total. The van der Waals surface area contributed by atoms with Crippen LogP contribution in [0.4, 0.5) is 8.78 Å². The van der Waals surface area contributed by atoms with E-state index in [0.717, 1.165) is 17.2 Å². The number of aliphatic imine (C=N–C) groups is 1. The number of nitriles is 1. The molecule has 2 aromatic carbocycles.